The average molecular weight is 537 g/mol. The fourth-order valence-electron chi connectivity index (χ4n) is 5.11. The number of hydrogen-bond donors (Lipinski definition) is 1. The fourth-order valence-corrected chi connectivity index (χ4v) is 5.11. The van der Waals surface area contributed by atoms with Crippen LogP contribution in [-0.2, 0) is 17.7 Å². The molecule has 1 N–H and O–H groups in total. The number of fused-ring (bicyclic) bond motifs is 3. The van der Waals surface area contributed by atoms with Crippen molar-refractivity contribution in [2.24, 2.45) is 0 Å². The summed E-state index contributed by atoms with van der Waals surface area (Å²) in [4.78, 5) is 17.0. The molecule has 1 aromatic carbocycles. The molecule has 5 heterocycles. The first-order valence-electron chi connectivity index (χ1n) is 13.8. The van der Waals surface area contributed by atoms with Crippen LogP contribution < -0.4 is 15.0 Å². The molecule has 0 aliphatic carbocycles. The molecular weight excluding hydrogens is 504 g/mol. The van der Waals surface area contributed by atoms with Gasteiger partial charge < -0.3 is 19.7 Å². The average Bonchev–Trinajstić information content (AvgIpc) is 3.42. The standard InChI is InChI=1S/C30H32N8O2/c1-3-4-15-40-27-7-5-6-26(33-27)32-22-10-8-21(9-11-22)29-34-28-24(12-13-38-25(28)17-23(18-31)36-38)30(35-29)37-14-16-39-19-20(37)2/h5-11,17,20H,3-4,12-16,19H2,1-2H3,(H,32,33)/t20-/m0/s1. The van der Waals surface area contributed by atoms with Crippen molar-refractivity contribution in [3.8, 4) is 34.7 Å². The normalized spacial score (nSPS) is 16.1. The molecule has 2 aliphatic heterocycles. The molecule has 10 heteroatoms. The van der Waals surface area contributed by atoms with Gasteiger partial charge in [0, 0.05) is 42.0 Å². The van der Waals surface area contributed by atoms with Crippen LogP contribution in [0, 0.1) is 11.3 Å². The lowest BCUT2D eigenvalue weighted by Gasteiger charge is -2.36. The van der Waals surface area contributed by atoms with Crippen molar-refractivity contribution >= 4 is 17.3 Å². The molecule has 0 radical (unpaired) electrons. The van der Waals surface area contributed by atoms with Gasteiger partial charge in [0.15, 0.2) is 11.5 Å². The molecule has 6 rings (SSSR count). The lowest BCUT2D eigenvalue weighted by atomic mass is 10.0. The van der Waals surface area contributed by atoms with Crippen molar-refractivity contribution in [3.63, 3.8) is 0 Å². The number of ether oxygens (including phenoxy) is 2. The molecule has 0 spiro atoms. The van der Waals surface area contributed by atoms with Gasteiger partial charge in [-0.2, -0.15) is 15.3 Å². The number of rotatable bonds is 8. The van der Waals surface area contributed by atoms with Crippen LogP contribution in [0.1, 0.15) is 37.9 Å². The van der Waals surface area contributed by atoms with E-state index in [1.54, 1.807) is 0 Å². The topological polar surface area (TPSA) is 114 Å². The summed E-state index contributed by atoms with van der Waals surface area (Å²) in [5, 5.41) is 17.3. The van der Waals surface area contributed by atoms with Gasteiger partial charge in [0.05, 0.1) is 37.3 Å². The van der Waals surface area contributed by atoms with Crippen molar-refractivity contribution in [3.05, 3.63) is 59.8 Å². The number of unbranched alkanes of at least 4 members (excludes halogenated alkanes) is 1. The first-order chi connectivity index (χ1) is 19.6. The number of nitrogens with zero attached hydrogens (tertiary/aromatic N) is 7. The summed E-state index contributed by atoms with van der Waals surface area (Å²) in [7, 11) is 0. The van der Waals surface area contributed by atoms with Gasteiger partial charge in [-0.3, -0.25) is 4.68 Å². The Balaban J connectivity index is 1.32. The summed E-state index contributed by atoms with van der Waals surface area (Å²) < 4.78 is 13.3. The van der Waals surface area contributed by atoms with Crippen molar-refractivity contribution in [2.45, 2.75) is 45.7 Å². The summed E-state index contributed by atoms with van der Waals surface area (Å²) in [5.74, 6) is 2.91. The van der Waals surface area contributed by atoms with Gasteiger partial charge in [0.2, 0.25) is 5.88 Å². The van der Waals surface area contributed by atoms with E-state index < -0.39 is 0 Å². The Morgan fingerprint density at radius 2 is 2.00 bits per heavy atom. The number of hydrogen-bond acceptors (Lipinski definition) is 9. The Hall–Kier alpha value is -4.49. The van der Waals surface area contributed by atoms with E-state index in [4.69, 9.17) is 19.4 Å². The zero-order chi connectivity index (χ0) is 27.5. The quantitative estimate of drug-likeness (QED) is 0.312. The van der Waals surface area contributed by atoms with E-state index in [-0.39, 0.29) is 6.04 Å². The second-order valence-electron chi connectivity index (χ2n) is 10.1. The Kier molecular flexibility index (Phi) is 7.29. The Morgan fingerprint density at radius 3 is 2.80 bits per heavy atom. The molecule has 10 nitrogen and oxygen atoms in total. The Labute approximate surface area is 233 Å². The van der Waals surface area contributed by atoms with Crippen molar-refractivity contribution in [1.82, 2.24) is 24.7 Å². The first kappa shape index (κ1) is 25.8. The molecule has 1 atom stereocenters. The highest BCUT2D eigenvalue weighted by molar-refractivity contribution is 5.74. The van der Waals surface area contributed by atoms with E-state index in [2.05, 4.69) is 40.2 Å². The van der Waals surface area contributed by atoms with E-state index in [0.29, 0.717) is 43.8 Å². The monoisotopic (exact) mass is 536 g/mol. The molecule has 0 bridgehead atoms. The number of morpholine rings is 1. The lowest BCUT2D eigenvalue weighted by Crippen LogP contribution is -2.45. The Bertz CT molecular complexity index is 1540. The van der Waals surface area contributed by atoms with E-state index in [0.717, 1.165) is 65.6 Å². The number of benzene rings is 1. The second kappa shape index (κ2) is 11.3. The largest absolute Gasteiger partial charge is 0.478 e. The maximum atomic E-state index is 9.46. The maximum Gasteiger partial charge on any atom is 0.215 e. The molecule has 3 aromatic heterocycles. The van der Waals surface area contributed by atoms with E-state index >= 15 is 0 Å². The molecule has 2 aliphatic rings. The van der Waals surface area contributed by atoms with E-state index in [1.165, 1.54) is 0 Å². The Morgan fingerprint density at radius 1 is 1.12 bits per heavy atom. The number of nitrogens with one attached hydrogen (secondary N) is 1. The minimum Gasteiger partial charge on any atom is -0.478 e. The number of aryl methyl sites for hydroxylation is 1. The van der Waals surface area contributed by atoms with Gasteiger partial charge >= 0.3 is 0 Å². The minimum absolute atomic E-state index is 0.197. The zero-order valence-electron chi connectivity index (χ0n) is 22.8. The summed E-state index contributed by atoms with van der Waals surface area (Å²) in [5.41, 5.74) is 4.99. The van der Waals surface area contributed by atoms with Crippen molar-refractivity contribution in [1.29, 1.82) is 5.26 Å². The smallest absolute Gasteiger partial charge is 0.215 e. The molecule has 0 unspecified atom stereocenters. The third kappa shape index (κ3) is 5.20. The lowest BCUT2D eigenvalue weighted by molar-refractivity contribution is 0.0984. The second-order valence-corrected chi connectivity index (χ2v) is 10.1. The molecule has 1 fully saturated rings. The summed E-state index contributed by atoms with van der Waals surface area (Å²) >= 11 is 0. The molecule has 0 saturated carbocycles. The minimum atomic E-state index is 0.197. The number of anilines is 3. The summed E-state index contributed by atoms with van der Waals surface area (Å²) in [6, 6.07) is 17.9. The third-order valence-corrected chi connectivity index (χ3v) is 7.22. The first-order valence-corrected chi connectivity index (χ1v) is 13.8. The predicted octanol–water partition coefficient (Wildman–Crippen LogP) is 4.98. The molecule has 0 amide bonds. The fraction of sp³-hybridized carbons (Fsp3) is 0.367. The van der Waals surface area contributed by atoms with Crippen molar-refractivity contribution < 1.29 is 9.47 Å². The molecule has 204 valence electrons. The van der Waals surface area contributed by atoms with E-state index in [1.807, 2.05) is 53.2 Å². The molecule has 40 heavy (non-hydrogen) atoms. The summed E-state index contributed by atoms with van der Waals surface area (Å²) in [6.45, 7) is 7.73. The zero-order valence-corrected chi connectivity index (χ0v) is 22.8. The van der Waals surface area contributed by atoms with Crippen LogP contribution in [-0.4, -0.2) is 57.1 Å². The van der Waals surface area contributed by atoms with Crippen LogP contribution in [0.3, 0.4) is 0 Å². The highest BCUT2D eigenvalue weighted by atomic mass is 16.5. The number of nitriles is 1. The van der Waals surface area contributed by atoms with Crippen LogP contribution in [0.15, 0.2) is 48.5 Å². The predicted molar refractivity (Wildman–Crippen MR) is 153 cm³/mol. The van der Waals surface area contributed by atoms with Gasteiger partial charge in [-0.15, -0.1) is 0 Å². The SMILES string of the molecule is CCCCOc1cccc(Nc2ccc(-c3nc4c(c(N5CCOC[C@@H]5C)n3)CCn3nc(C#N)cc3-4)cc2)n1. The molecule has 4 aromatic rings. The molecular formula is C30H32N8O2. The van der Waals surface area contributed by atoms with Gasteiger partial charge in [-0.05, 0) is 50.1 Å². The van der Waals surface area contributed by atoms with Gasteiger partial charge in [-0.1, -0.05) is 19.4 Å². The number of aromatic nitrogens is 5. The summed E-state index contributed by atoms with van der Waals surface area (Å²) in [6.07, 6.45) is 2.83. The molecule has 1 saturated heterocycles. The highest BCUT2D eigenvalue weighted by Crippen LogP contribution is 2.37. The maximum absolute atomic E-state index is 9.46. The number of pyridine rings is 1. The third-order valence-electron chi connectivity index (χ3n) is 7.22. The van der Waals surface area contributed by atoms with E-state index in [9.17, 15) is 5.26 Å². The van der Waals surface area contributed by atoms with Crippen LogP contribution in [0.5, 0.6) is 5.88 Å². The van der Waals surface area contributed by atoms with Crippen molar-refractivity contribution in [2.75, 3.05) is 36.6 Å². The van der Waals surface area contributed by atoms with Crippen LogP contribution in [0.25, 0.3) is 22.8 Å². The van der Waals surface area contributed by atoms with Gasteiger partial charge in [-0.25, -0.2) is 9.97 Å². The highest BCUT2D eigenvalue weighted by Gasteiger charge is 2.30. The van der Waals surface area contributed by atoms with Gasteiger partial charge in [0.1, 0.15) is 17.7 Å². The van der Waals surface area contributed by atoms with Crippen LogP contribution in [0.4, 0.5) is 17.3 Å². The van der Waals surface area contributed by atoms with Crippen LogP contribution in [0.2, 0.25) is 0 Å². The van der Waals surface area contributed by atoms with Gasteiger partial charge in [0.25, 0.3) is 0 Å². The van der Waals surface area contributed by atoms with Crippen LogP contribution >= 0.6 is 0 Å².